The Labute approximate surface area is 110 Å². The molecule has 0 radical (unpaired) electrons. The summed E-state index contributed by atoms with van der Waals surface area (Å²) in [7, 11) is 0. The zero-order chi connectivity index (χ0) is 12.9. The Morgan fingerprint density at radius 3 is 2.41 bits per heavy atom. The fraction of sp³-hybridized carbons (Fsp3) is 0.929. The van der Waals surface area contributed by atoms with Crippen LogP contribution in [0.15, 0.2) is 0 Å². The fourth-order valence-corrected chi connectivity index (χ4v) is 2.95. The van der Waals surface area contributed by atoms with Crippen LogP contribution in [0.4, 0.5) is 0 Å². The summed E-state index contributed by atoms with van der Waals surface area (Å²) in [5, 5.41) is 3.12. The van der Waals surface area contributed by atoms with Crippen LogP contribution in [0.25, 0.3) is 0 Å². The minimum atomic E-state index is -0.130. The van der Waals surface area contributed by atoms with Crippen LogP contribution in [-0.4, -0.2) is 18.3 Å². The van der Waals surface area contributed by atoms with Gasteiger partial charge in [-0.15, -0.1) is 11.6 Å². The maximum absolute atomic E-state index is 12.2. The van der Waals surface area contributed by atoms with Crippen LogP contribution in [0.3, 0.4) is 0 Å². The monoisotopic (exact) mass is 259 g/mol. The lowest BCUT2D eigenvalue weighted by atomic mass is 9.75. The summed E-state index contributed by atoms with van der Waals surface area (Å²) in [4.78, 5) is 12.2. The van der Waals surface area contributed by atoms with E-state index >= 15 is 0 Å². The van der Waals surface area contributed by atoms with Gasteiger partial charge in [0.05, 0.1) is 0 Å². The van der Waals surface area contributed by atoms with Gasteiger partial charge < -0.3 is 5.32 Å². The molecule has 17 heavy (non-hydrogen) atoms. The first kappa shape index (κ1) is 14.8. The van der Waals surface area contributed by atoms with Crippen LogP contribution in [-0.2, 0) is 4.79 Å². The molecule has 0 spiro atoms. The maximum Gasteiger partial charge on any atom is 0.225 e. The lowest BCUT2D eigenvalue weighted by molar-refractivity contribution is -0.132. The molecule has 1 saturated carbocycles. The summed E-state index contributed by atoms with van der Waals surface area (Å²) in [5.41, 5.74) is -0.0300. The van der Waals surface area contributed by atoms with Gasteiger partial charge in [-0.2, -0.15) is 0 Å². The minimum Gasteiger partial charge on any atom is -0.355 e. The Morgan fingerprint density at radius 1 is 1.29 bits per heavy atom. The van der Waals surface area contributed by atoms with Crippen molar-refractivity contribution in [1.29, 1.82) is 0 Å². The van der Waals surface area contributed by atoms with Crippen molar-refractivity contribution in [3.05, 3.63) is 0 Å². The molecule has 0 atom stereocenters. The molecule has 0 aromatic carbocycles. The molecule has 1 fully saturated rings. The number of hydrogen-bond acceptors (Lipinski definition) is 1. The second-order valence-electron chi connectivity index (χ2n) is 6.41. The smallest absolute Gasteiger partial charge is 0.225 e. The Hall–Kier alpha value is -0.240. The first-order valence-corrected chi connectivity index (χ1v) is 7.27. The van der Waals surface area contributed by atoms with Crippen LogP contribution in [0.1, 0.15) is 59.3 Å². The zero-order valence-electron chi connectivity index (χ0n) is 11.4. The van der Waals surface area contributed by atoms with E-state index in [1.165, 1.54) is 19.3 Å². The Kier molecular flexibility index (Phi) is 5.30. The van der Waals surface area contributed by atoms with Gasteiger partial charge in [0.15, 0.2) is 0 Å². The number of halogens is 1. The third kappa shape index (κ3) is 4.50. The van der Waals surface area contributed by atoms with Gasteiger partial charge in [-0.25, -0.2) is 0 Å². The van der Waals surface area contributed by atoms with Crippen molar-refractivity contribution < 1.29 is 4.79 Å². The molecule has 0 heterocycles. The van der Waals surface area contributed by atoms with Crippen molar-refractivity contribution in [3.63, 3.8) is 0 Å². The number of hydrogen-bond donors (Lipinski definition) is 1. The van der Waals surface area contributed by atoms with Crippen molar-refractivity contribution in [1.82, 2.24) is 5.32 Å². The van der Waals surface area contributed by atoms with E-state index in [2.05, 4.69) is 26.1 Å². The van der Waals surface area contributed by atoms with Crippen molar-refractivity contribution >= 4 is 17.5 Å². The molecule has 100 valence electrons. The highest BCUT2D eigenvalue weighted by Crippen LogP contribution is 2.36. The average molecular weight is 260 g/mol. The third-order valence-electron chi connectivity index (χ3n) is 4.00. The predicted octanol–water partition coefficient (Wildman–Crippen LogP) is 3.73. The zero-order valence-corrected chi connectivity index (χ0v) is 12.2. The molecule has 0 bridgehead atoms. The van der Waals surface area contributed by atoms with E-state index in [9.17, 15) is 4.79 Å². The van der Waals surface area contributed by atoms with Gasteiger partial charge in [0.2, 0.25) is 5.91 Å². The summed E-state index contributed by atoms with van der Waals surface area (Å²) in [6.07, 6.45) is 6.67. The summed E-state index contributed by atoms with van der Waals surface area (Å²) < 4.78 is 0. The highest BCUT2D eigenvalue weighted by Gasteiger charge is 2.34. The second-order valence-corrected chi connectivity index (χ2v) is 6.79. The van der Waals surface area contributed by atoms with Crippen LogP contribution in [0, 0.1) is 10.8 Å². The minimum absolute atomic E-state index is 0.0996. The van der Waals surface area contributed by atoms with Gasteiger partial charge in [0.1, 0.15) is 0 Å². The van der Waals surface area contributed by atoms with Crippen molar-refractivity contribution in [2.45, 2.75) is 59.3 Å². The van der Waals surface area contributed by atoms with E-state index in [0.29, 0.717) is 5.88 Å². The second kappa shape index (κ2) is 6.08. The summed E-state index contributed by atoms with van der Waals surface area (Å²) in [6, 6.07) is 0. The molecule has 0 aromatic rings. The van der Waals surface area contributed by atoms with Gasteiger partial charge in [-0.3, -0.25) is 4.79 Å². The fourth-order valence-electron chi connectivity index (χ4n) is 2.44. The highest BCUT2D eigenvalue weighted by atomic mass is 35.5. The summed E-state index contributed by atoms with van der Waals surface area (Å²) in [6.45, 7) is 7.14. The molecule has 1 aliphatic carbocycles. The number of alkyl halides is 1. The van der Waals surface area contributed by atoms with E-state index in [1.807, 2.05) is 0 Å². The molecule has 0 unspecified atom stereocenters. The summed E-state index contributed by atoms with van der Waals surface area (Å²) in [5.74, 6) is 0.889. The van der Waals surface area contributed by atoms with E-state index < -0.39 is 0 Å². The van der Waals surface area contributed by atoms with Gasteiger partial charge in [-0.1, -0.05) is 40.0 Å². The molecule has 1 rings (SSSR count). The Morgan fingerprint density at radius 2 is 1.88 bits per heavy atom. The number of rotatable bonds is 5. The number of carbonyl (C=O) groups is 1. The lowest BCUT2D eigenvalue weighted by Crippen LogP contribution is -2.43. The molecule has 0 aromatic heterocycles. The van der Waals surface area contributed by atoms with E-state index in [-0.39, 0.29) is 16.7 Å². The average Bonchev–Trinajstić information content (AvgIpc) is 2.27. The Bertz CT molecular complexity index is 257. The molecule has 0 saturated heterocycles. The largest absolute Gasteiger partial charge is 0.355 e. The van der Waals surface area contributed by atoms with Gasteiger partial charge in [0, 0.05) is 17.8 Å². The van der Waals surface area contributed by atoms with Crippen LogP contribution < -0.4 is 5.32 Å². The van der Waals surface area contributed by atoms with E-state index in [1.54, 1.807) is 0 Å². The third-order valence-corrected chi connectivity index (χ3v) is 4.19. The molecule has 0 aliphatic heterocycles. The van der Waals surface area contributed by atoms with Crippen molar-refractivity contribution in [2.24, 2.45) is 10.8 Å². The molecular formula is C14H26ClNO. The summed E-state index contributed by atoms with van der Waals surface area (Å²) >= 11 is 5.76. The van der Waals surface area contributed by atoms with Gasteiger partial charge in [0.25, 0.3) is 0 Å². The number of nitrogens with one attached hydrogen (secondary N) is 1. The molecule has 1 amide bonds. The SMILES string of the molecule is CC(C)(CCCl)CNC(=O)C1(C)CCCCC1. The highest BCUT2D eigenvalue weighted by molar-refractivity contribution is 6.17. The van der Waals surface area contributed by atoms with E-state index in [0.717, 1.165) is 25.8 Å². The quantitative estimate of drug-likeness (QED) is 0.749. The maximum atomic E-state index is 12.2. The standard InChI is InChI=1S/C14H26ClNO/c1-13(2,9-10-15)11-16-12(17)14(3)7-5-4-6-8-14/h4-11H2,1-3H3,(H,16,17). The first-order valence-electron chi connectivity index (χ1n) is 6.74. The number of carbonyl (C=O) groups excluding carboxylic acids is 1. The Balaban J connectivity index is 2.43. The topological polar surface area (TPSA) is 29.1 Å². The molecule has 3 heteroatoms. The predicted molar refractivity (Wildman–Crippen MR) is 73.3 cm³/mol. The van der Waals surface area contributed by atoms with Crippen LogP contribution in [0.5, 0.6) is 0 Å². The molecule has 2 nitrogen and oxygen atoms in total. The van der Waals surface area contributed by atoms with Crippen LogP contribution >= 0.6 is 11.6 Å². The normalized spacial score (nSPS) is 20.0. The first-order chi connectivity index (χ1) is 7.90. The van der Waals surface area contributed by atoms with Crippen molar-refractivity contribution in [2.75, 3.05) is 12.4 Å². The van der Waals surface area contributed by atoms with Gasteiger partial charge in [-0.05, 0) is 24.7 Å². The van der Waals surface area contributed by atoms with Crippen molar-refractivity contribution in [3.8, 4) is 0 Å². The molecule has 1 N–H and O–H groups in total. The van der Waals surface area contributed by atoms with Gasteiger partial charge >= 0.3 is 0 Å². The van der Waals surface area contributed by atoms with E-state index in [4.69, 9.17) is 11.6 Å². The van der Waals surface area contributed by atoms with Crippen LogP contribution in [0.2, 0.25) is 0 Å². The molecule has 1 aliphatic rings. The number of amides is 1. The lowest BCUT2D eigenvalue weighted by Gasteiger charge is -2.33. The molecular weight excluding hydrogens is 234 g/mol.